The Hall–Kier alpha value is -3.09. The molecule has 3 aromatic carbocycles. The third-order valence-electron chi connectivity index (χ3n) is 4.73. The van der Waals surface area contributed by atoms with Crippen LogP contribution in [0.3, 0.4) is 0 Å². The van der Waals surface area contributed by atoms with E-state index < -0.39 is 0 Å². The predicted molar refractivity (Wildman–Crippen MR) is 131 cm³/mol. The molecule has 7 heteroatoms. The van der Waals surface area contributed by atoms with Crippen LogP contribution >= 0.6 is 27.5 Å². The van der Waals surface area contributed by atoms with E-state index in [-0.39, 0.29) is 5.91 Å². The van der Waals surface area contributed by atoms with Crippen LogP contribution in [0.1, 0.15) is 15.9 Å². The minimum Gasteiger partial charge on any atom is -0.361 e. The number of hydrogen-bond donors (Lipinski definition) is 3. The number of carbonyl (C=O) groups is 1. The van der Waals surface area contributed by atoms with Gasteiger partial charge < -0.3 is 10.3 Å². The standard InChI is InChI=1S/C24H20BrClN4O/c25-18-6-4-8-20(14-18)29-24(30-23(31)16-5-3-7-19(26)13-16)27-12-11-17-15-28-22-10-2-1-9-21(17)22/h1-10,13-15,28H,11-12H2,(H2,27,29,30,31). The van der Waals surface area contributed by atoms with Gasteiger partial charge in [-0.3, -0.25) is 15.1 Å². The number of halogens is 2. The zero-order chi connectivity index (χ0) is 21.6. The Morgan fingerprint density at radius 2 is 1.87 bits per heavy atom. The maximum Gasteiger partial charge on any atom is 0.258 e. The van der Waals surface area contributed by atoms with E-state index in [0.29, 0.717) is 23.1 Å². The van der Waals surface area contributed by atoms with E-state index in [0.717, 1.165) is 22.1 Å². The van der Waals surface area contributed by atoms with Crippen molar-refractivity contribution in [2.45, 2.75) is 6.42 Å². The molecule has 0 atom stereocenters. The van der Waals surface area contributed by atoms with Crippen LogP contribution in [0.4, 0.5) is 5.69 Å². The van der Waals surface area contributed by atoms with Crippen molar-refractivity contribution in [3.05, 3.63) is 99.6 Å². The lowest BCUT2D eigenvalue weighted by molar-refractivity contribution is 0.0977. The number of hydrogen-bond acceptors (Lipinski definition) is 2. The fourth-order valence-electron chi connectivity index (χ4n) is 3.25. The first-order chi connectivity index (χ1) is 15.1. The largest absolute Gasteiger partial charge is 0.361 e. The molecule has 31 heavy (non-hydrogen) atoms. The van der Waals surface area contributed by atoms with Crippen LogP contribution in [0.25, 0.3) is 10.9 Å². The van der Waals surface area contributed by atoms with Crippen LogP contribution in [-0.4, -0.2) is 23.4 Å². The zero-order valence-electron chi connectivity index (χ0n) is 16.5. The summed E-state index contributed by atoms with van der Waals surface area (Å²) in [6.07, 6.45) is 2.74. The Balaban J connectivity index is 1.52. The van der Waals surface area contributed by atoms with Crippen LogP contribution in [0.2, 0.25) is 5.02 Å². The fourth-order valence-corrected chi connectivity index (χ4v) is 3.84. The molecule has 0 aliphatic carbocycles. The van der Waals surface area contributed by atoms with Gasteiger partial charge >= 0.3 is 0 Å². The summed E-state index contributed by atoms with van der Waals surface area (Å²) in [6.45, 7) is 0.508. The molecule has 0 aliphatic rings. The Morgan fingerprint density at radius 3 is 2.71 bits per heavy atom. The second kappa shape index (κ2) is 9.81. The lowest BCUT2D eigenvalue weighted by Gasteiger charge is -2.12. The minimum absolute atomic E-state index is 0.282. The zero-order valence-corrected chi connectivity index (χ0v) is 18.9. The molecule has 0 fully saturated rings. The van der Waals surface area contributed by atoms with Gasteiger partial charge in [0, 0.05) is 44.4 Å². The van der Waals surface area contributed by atoms with E-state index in [9.17, 15) is 4.79 Å². The van der Waals surface area contributed by atoms with Crippen molar-refractivity contribution in [2.24, 2.45) is 4.99 Å². The first-order valence-corrected chi connectivity index (χ1v) is 10.9. The number of H-pyrrole nitrogens is 1. The highest BCUT2D eigenvalue weighted by Crippen LogP contribution is 2.18. The van der Waals surface area contributed by atoms with Gasteiger partial charge in [-0.2, -0.15) is 0 Å². The number of fused-ring (bicyclic) bond motifs is 1. The molecule has 0 bridgehead atoms. The lowest BCUT2D eigenvalue weighted by atomic mass is 10.1. The molecule has 1 heterocycles. The summed E-state index contributed by atoms with van der Waals surface area (Å²) in [6, 6.07) is 22.6. The second-order valence-corrected chi connectivity index (χ2v) is 8.29. The maximum atomic E-state index is 12.7. The molecule has 1 amide bonds. The highest BCUT2D eigenvalue weighted by Gasteiger charge is 2.10. The number of benzene rings is 3. The number of nitrogens with one attached hydrogen (secondary N) is 3. The van der Waals surface area contributed by atoms with Crippen LogP contribution in [0.5, 0.6) is 0 Å². The van der Waals surface area contributed by atoms with E-state index in [1.54, 1.807) is 24.3 Å². The molecular weight excluding hydrogens is 476 g/mol. The average molecular weight is 496 g/mol. The van der Waals surface area contributed by atoms with Gasteiger partial charge in [-0.1, -0.05) is 57.9 Å². The summed E-state index contributed by atoms with van der Waals surface area (Å²) in [4.78, 5) is 20.6. The molecule has 1 aromatic heterocycles. The molecule has 0 radical (unpaired) electrons. The molecule has 0 aliphatic heterocycles. The van der Waals surface area contributed by atoms with Gasteiger partial charge in [0.25, 0.3) is 5.91 Å². The van der Waals surface area contributed by atoms with Gasteiger partial charge in [0.15, 0.2) is 0 Å². The van der Waals surface area contributed by atoms with E-state index in [2.05, 4.69) is 42.6 Å². The molecule has 0 saturated heterocycles. The first kappa shape index (κ1) is 21.2. The highest BCUT2D eigenvalue weighted by atomic mass is 79.9. The van der Waals surface area contributed by atoms with Crippen molar-refractivity contribution in [3.63, 3.8) is 0 Å². The summed E-state index contributed by atoms with van der Waals surface area (Å²) < 4.78 is 0.928. The molecule has 0 saturated carbocycles. The quantitative estimate of drug-likeness (QED) is 0.234. The number of aliphatic imine (C=N–C) groups is 1. The number of carbonyl (C=O) groups excluding carboxylic acids is 1. The fraction of sp³-hybridized carbons (Fsp3) is 0.0833. The SMILES string of the molecule is O=C(NC(=NCCc1c[nH]c2ccccc12)Nc1cccc(Br)c1)c1cccc(Cl)c1. The number of anilines is 1. The van der Waals surface area contributed by atoms with Crippen molar-refractivity contribution in [3.8, 4) is 0 Å². The first-order valence-electron chi connectivity index (χ1n) is 9.77. The van der Waals surface area contributed by atoms with Crippen molar-refractivity contribution in [1.82, 2.24) is 10.3 Å². The third kappa shape index (κ3) is 5.54. The van der Waals surface area contributed by atoms with Crippen molar-refractivity contribution < 1.29 is 4.79 Å². The van der Waals surface area contributed by atoms with Crippen LogP contribution in [0, 0.1) is 0 Å². The van der Waals surface area contributed by atoms with E-state index in [4.69, 9.17) is 11.6 Å². The Morgan fingerprint density at radius 1 is 1.03 bits per heavy atom. The number of aromatic amines is 1. The lowest BCUT2D eigenvalue weighted by Crippen LogP contribution is -2.36. The minimum atomic E-state index is -0.282. The highest BCUT2D eigenvalue weighted by molar-refractivity contribution is 9.10. The summed E-state index contributed by atoms with van der Waals surface area (Å²) in [5.74, 6) is 0.0961. The normalized spacial score (nSPS) is 11.5. The molecule has 3 N–H and O–H groups in total. The van der Waals surface area contributed by atoms with Gasteiger partial charge in [-0.05, 0) is 54.4 Å². The van der Waals surface area contributed by atoms with Gasteiger partial charge in [-0.15, -0.1) is 0 Å². The van der Waals surface area contributed by atoms with Crippen LogP contribution < -0.4 is 10.6 Å². The molecule has 5 nitrogen and oxygen atoms in total. The van der Waals surface area contributed by atoms with Crippen molar-refractivity contribution >= 4 is 56.0 Å². The number of rotatable bonds is 5. The number of nitrogens with zero attached hydrogens (tertiary/aromatic N) is 1. The predicted octanol–water partition coefficient (Wildman–Crippen LogP) is 6.02. The monoisotopic (exact) mass is 494 g/mol. The van der Waals surface area contributed by atoms with E-state index in [1.807, 2.05) is 48.7 Å². The Bertz CT molecular complexity index is 1250. The van der Waals surface area contributed by atoms with E-state index >= 15 is 0 Å². The molecular formula is C24H20BrClN4O. The van der Waals surface area contributed by atoms with Gasteiger partial charge in [0.05, 0.1) is 0 Å². The molecule has 4 aromatic rings. The molecule has 156 valence electrons. The third-order valence-corrected chi connectivity index (χ3v) is 5.46. The Kier molecular flexibility index (Phi) is 6.70. The van der Waals surface area contributed by atoms with Crippen LogP contribution in [-0.2, 0) is 6.42 Å². The van der Waals surface area contributed by atoms with Gasteiger partial charge in [0.1, 0.15) is 0 Å². The van der Waals surface area contributed by atoms with Gasteiger partial charge in [0.2, 0.25) is 5.96 Å². The maximum absolute atomic E-state index is 12.7. The van der Waals surface area contributed by atoms with Crippen molar-refractivity contribution in [2.75, 3.05) is 11.9 Å². The summed E-state index contributed by atoms with van der Waals surface area (Å²) in [5, 5.41) is 7.75. The number of para-hydroxylation sites is 1. The topological polar surface area (TPSA) is 69.3 Å². The number of guanidine groups is 1. The van der Waals surface area contributed by atoms with Gasteiger partial charge in [-0.25, -0.2) is 0 Å². The number of amides is 1. The second-order valence-electron chi connectivity index (χ2n) is 6.94. The average Bonchev–Trinajstić information content (AvgIpc) is 3.17. The molecule has 0 spiro atoms. The summed E-state index contributed by atoms with van der Waals surface area (Å²) in [7, 11) is 0. The van der Waals surface area contributed by atoms with Crippen molar-refractivity contribution in [1.29, 1.82) is 0 Å². The summed E-state index contributed by atoms with van der Waals surface area (Å²) in [5.41, 5.74) is 3.56. The molecule has 4 rings (SSSR count). The smallest absolute Gasteiger partial charge is 0.258 e. The Labute approximate surface area is 193 Å². The summed E-state index contributed by atoms with van der Waals surface area (Å²) >= 11 is 9.49. The van der Waals surface area contributed by atoms with Crippen LogP contribution in [0.15, 0.2) is 88.5 Å². The molecule has 0 unspecified atom stereocenters. The number of aromatic nitrogens is 1. The van der Waals surface area contributed by atoms with E-state index in [1.165, 1.54) is 10.9 Å².